The minimum Gasteiger partial charge on any atom is -0.491 e. The van der Waals surface area contributed by atoms with Crippen molar-refractivity contribution in [3.05, 3.63) is 95.1 Å². The SMILES string of the molecule is CC(=O)NC1CCC2C(C1)c1c(OCc3ccccc3)cc(OC(C)CCCc3ccccc3)cc1C1CCCCC12. The van der Waals surface area contributed by atoms with Crippen molar-refractivity contribution in [1.82, 2.24) is 5.32 Å². The van der Waals surface area contributed by atoms with Crippen molar-refractivity contribution in [2.24, 2.45) is 11.8 Å². The lowest BCUT2D eigenvalue weighted by molar-refractivity contribution is -0.120. The number of carbonyl (C=O) groups excluding carboxylic acids is 1. The monoisotopic (exact) mass is 565 g/mol. The minimum absolute atomic E-state index is 0.0792. The Bertz CT molecular complexity index is 1320. The van der Waals surface area contributed by atoms with Crippen LogP contribution in [0, 0.1) is 11.8 Å². The molecule has 1 N–H and O–H groups in total. The molecule has 3 aliphatic carbocycles. The first-order chi connectivity index (χ1) is 20.5. The Hall–Kier alpha value is -3.27. The van der Waals surface area contributed by atoms with Crippen molar-refractivity contribution in [2.45, 2.75) is 109 Å². The van der Waals surface area contributed by atoms with Gasteiger partial charge in [-0.2, -0.15) is 0 Å². The van der Waals surface area contributed by atoms with Crippen LogP contribution in [0.15, 0.2) is 72.8 Å². The van der Waals surface area contributed by atoms with E-state index in [0.29, 0.717) is 24.4 Å². The summed E-state index contributed by atoms with van der Waals surface area (Å²) in [6, 6.07) is 26.0. The van der Waals surface area contributed by atoms with Crippen molar-refractivity contribution in [3.63, 3.8) is 0 Å². The van der Waals surface area contributed by atoms with E-state index >= 15 is 0 Å². The molecule has 3 aliphatic rings. The van der Waals surface area contributed by atoms with Crippen molar-refractivity contribution in [2.75, 3.05) is 0 Å². The molecule has 0 radical (unpaired) electrons. The zero-order valence-corrected chi connectivity index (χ0v) is 25.4. The lowest BCUT2D eigenvalue weighted by Crippen LogP contribution is -2.44. The number of benzene rings is 3. The van der Waals surface area contributed by atoms with Crippen LogP contribution < -0.4 is 14.8 Å². The molecule has 222 valence electrons. The van der Waals surface area contributed by atoms with Gasteiger partial charge in [-0.25, -0.2) is 0 Å². The maximum atomic E-state index is 12.0. The summed E-state index contributed by atoms with van der Waals surface area (Å²) in [7, 11) is 0. The van der Waals surface area contributed by atoms with Gasteiger partial charge in [0.1, 0.15) is 18.1 Å². The predicted molar refractivity (Wildman–Crippen MR) is 169 cm³/mol. The van der Waals surface area contributed by atoms with Gasteiger partial charge in [-0.1, -0.05) is 73.5 Å². The third-order valence-corrected chi connectivity index (χ3v) is 10.1. The van der Waals surface area contributed by atoms with Gasteiger partial charge >= 0.3 is 0 Å². The standard InChI is InChI=1S/C38H47NO3/c1-26(12-11-17-28-13-5-3-6-14-28)42-31-23-36-33-19-10-9-18-32(33)34-21-20-30(39-27(2)40)22-35(34)38(36)37(24-31)41-25-29-15-7-4-8-16-29/h3-8,13-16,23-24,26,30,32-35H,9-12,17-22,25H2,1-2H3,(H,39,40). The largest absolute Gasteiger partial charge is 0.491 e. The molecule has 3 aromatic carbocycles. The van der Waals surface area contributed by atoms with Gasteiger partial charge in [0.25, 0.3) is 0 Å². The van der Waals surface area contributed by atoms with Crippen LogP contribution in [-0.2, 0) is 17.8 Å². The number of carbonyl (C=O) groups is 1. The highest BCUT2D eigenvalue weighted by Crippen LogP contribution is 2.59. The molecule has 6 unspecified atom stereocenters. The summed E-state index contributed by atoms with van der Waals surface area (Å²) in [6.07, 6.45) is 11.8. The molecule has 0 aromatic heterocycles. The fraction of sp³-hybridized carbons (Fsp3) is 0.500. The molecule has 4 nitrogen and oxygen atoms in total. The molecule has 1 amide bonds. The zero-order valence-electron chi connectivity index (χ0n) is 25.4. The van der Waals surface area contributed by atoms with Crippen LogP contribution in [-0.4, -0.2) is 18.1 Å². The Morgan fingerprint density at radius 2 is 1.60 bits per heavy atom. The maximum absolute atomic E-state index is 12.0. The van der Waals surface area contributed by atoms with E-state index in [2.05, 4.69) is 85.0 Å². The summed E-state index contributed by atoms with van der Waals surface area (Å²) in [5, 5.41) is 3.26. The normalized spacial score (nSPS) is 25.3. The van der Waals surface area contributed by atoms with Gasteiger partial charge in [-0.15, -0.1) is 0 Å². The van der Waals surface area contributed by atoms with Crippen LogP contribution in [0.3, 0.4) is 0 Å². The minimum atomic E-state index is 0.0792. The third kappa shape index (κ3) is 6.69. The maximum Gasteiger partial charge on any atom is 0.217 e. The fourth-order valence-corrected chi connectivity index (χ4v) is 8.29. The van der Waals surface area contributed by atoms with Crippen molar-refractivity contribution in [1.29, 1.82) is 0 Å². The molecular weight excluding hydrogens is 518 g/mol. The third-order valence-electron chi connectivity index (χ3n) is 10.1. The molecule has 0 aliphatic heterocycles. The van der Waals surface area contributed by atoms with E-state index in [4.69, 9.17) is 9.47 Å². The molecule has 2 saturated carbocycles. The molecule has 2 fully saturated rings. The molecule has 6 atom stereocenters. The Morgan fingerprint density at radius 3 is 2.36 bits per heavy atom. The van der Waals surface area contributed by atoms with Crippen LogP contribution in [0.4, 0.5) is 0 Å². The van der Waals surface area contributed by atoms with Gasteiger partial charge in [-0.3, -0.25) is 4.79 Å². The van der Waals surface area contributed by atoms with Gasteiger partial charge in [0.2, 0.25) is 5.91 Å². The molecule has 0 saturated heterocycles. The molecule has 4 heteroatoms. The number of hydrogen-bond donors (Lipinski definition) is 1. The molecule has 0 spiro atoms. The molecular formula is C38H47NO3. The summed E-state index contributed by atoms with van der Waals surface area (Å²) in [5.74, 6) is 4.38. The summed E-state index contributed by atoms with van der Waals surface area (Å²) in [5.41, 5.74) is 5.42. The second kappa shape index (κ2) is 13.4. The number of amides is 1. The lowest BCUT2D eigenvalue weighted by atomic mass is 9.55. The number of rotatable bonds is 10. The summed E-state index contributed by atoms with van der Waals surface area (Å²) >= 11 is 0. The molecule has 42 heavy (non-hydrogen) atoms. The van der Waals surface area contributed by atoms with Crippen molar-refractivity contribution < 1.29 is 14.3 Å². The van der Waals surface area contributed by atoms with Crippen LogP contribution in [0.1, 0.15) is 106 Å². The molecule has 6 rings (SSSR count). The summed E-state index contributed by atoms with van der Waals surface area (Å²) in [6.45, 7) is 4.40. The van der Waals surface area contributed by atoms with Crippen molar-refractivity contribution >= 4 is 5.91 Å². The van der Waals surface area contributed by atoms with E-state index < -0.39 is 0 Å². The van der Waals surface area contributed by atoms with E-state index in [1.54, 1.807) is 6.92 Å². The number of ether oxygens (including phenoxy) is 2. The van der Waals surface area contributed by atoms with Gasteiger partial charge in [0.05, 0.1) is 6.10 Å². The zero-order chi connectivity index (χ0) is 28.9. The second-order valence-electron chi connectivity index (χ2n) is 13.0. The Balaban J connectivity index is 1.29. The highest BCUT2D eigenvalue weighted by molar-refractivity contribution is 5.73. The Morgan fingerprint density at radius 1 is 0.881 bits per heavy atom. The predicted octanol–water partition coefficient (Wildman–Crippen LogP) is 8.73. The van der Waals surface area contributed by atoms with E-state index in [1.807, 2.05) is 0 Å². The van der Waals surface area contributed by atoms with Gasteiger partial charge in [0, 0.05) is 24.6 Å². The van der Waals surface area contributed by atoms with E-state index in [1.165, 1.54) is 54.4 Å². The second-order valence-corrected chi connectivity index (χ2v) is 13.0. The number of nitrogens with one attached hydrogen (secondary N) is 1. The average Bonchev–Trinajstić information content (AvgIpc) is 3.00. The quantitative estimate of drug-likeness (QED) is 0.267. The Labute approximate surface area is 252 Å². The van der Waals surface area contributed by atoms with Crippen LogP contribution in [0.2, 0.25) is 0 Å². The van der Waals surface area contributed by atoms with Gasteiger partial charge < -0.3 is 14.8 Å². The highest BCUT2D eigenvalue weighted by Gasteiger charge is 2.47. The number of hydrogen-bond acceptors (Lipinski definition) is 3. The first kappa shape index (κ1) is 28.8. The first-order valence-corrected chi connectivity index (χ1v) is 16.4. The van der Waals surface area contributed by atoms with E-state index in [9.17, 15) is 4.79 Å². The van der Waals surface area contributed by atoms with Crippen LogP contribution >= 0.6 is 0 Å². The topological polar surface area (TPSA) is 47.6 Å². The average molecular weight is 566 g/mol. The van der Waals surface area contributed by atoms with E-state index in [-0.39, 0.29) is 18.1 Å². The van der Waals surface area contributed by atoms with Gasteiger partial charge in [0.15, 0.2) is 0 Å². The smallest absolute Gasteiger partial charge is 0.217 e. The van der Waals surface area contributed by atoms with Crippen LogP contribution in [0.5, 0.6) is 11.5 Å². The first-order valence-electron chi connectivity index (χ1n) is 16.4. The highest BCUT2D eigenvalue weighted by atomic mass is 16.5. The van der Waals surface area contributed by atoms with Crippen molar-refractivity contribution in [3.8, 4) is 11.5 Å². The molecule has 3 aromatic rings. The number of aryl methyl sites for hydroxylation is 1. The van der Waals surface area contributed by atoms with E-state index in [0.717, 1.165) is 49.5 Å². The molecule has 0 bridgehead atoms. The van der Waals surface area contributed by atoms with Crippen LogP contribution in [0.25, 0.3) is 0 Å². The van der Waals surface area contributed by atoms with Gasteiger partial charge in [-0.05, 0) is 105 Å². The lowest BCUT2D eigenvalue weighted by Gasteiger charge is -2.50. The fourth-order valence-electron chi connectivity index (χ4n) is 8.29. The summed E-state index contributed by atoms with van der Waals surface area (Å²) in [4.78, 5) is 12.0. The molecule has 0 heterocycles. The Kier molecular flexibility index (Phi) is 9.17. The summed E-state index contributed by atoms with van der Waals surface area (Å²) < 4.78 is 13.4. The number of fused-ring (bicyclic) bond motifs is 6.